The lowest BCUT2D eigenvalue weighted by atomic mass is 10.2. The first-order chi connectivity index (χ1) is 8.19. The van der Waals surface area contributed by atoms with Crippen LogP contribution in [-0.4, -0.2) is 49.1 Å². The smallest absolute Gasteiger partial charge is 0.236 e. The number of amides is 1. The Balaban J connectivity index is 2.22. The van der Waals surface area contributed by atoms with E-state index in [1.807, 2.05) is 6.92 Å². The summed E-state index contributed by atoms with van der Waals surface area (Å²) < 4.78 is 0. The average Bonchev–Trinajstić information content (AvgIpc) is 2.80. The second-order valence-corrected chi connectivity index (χ2v) is 4.85. The number of carbonyl (C=O) groups is 1. The van der Waals surface area contributed by atoms with Crippen molar-refractivity contribution in [3.63, 3.8) is 0 Å². The van der Waals surface area contributed by atoms with Gasteiger partial charge in [0.25, 0.3) is 0 Å². The minimum absolute atomic E-state index is 0.0825. The number of hydrogen-bond donors (Lipinski definition) is 2. The van der Waals surface area contributed by atoms with Gasteiger partial charge in [0.2, 0.25) is 5.91 Å². The van der Waals surface area contributed by atoms with Gasteiger partial charge in [-0.25, -0.2) is 0 Å². The van der Waals surface area contributed by atoms with Gasteiger partial charge in [0, 0.05) is 19.1 Å². The van der Waals surface area contributed by atoms with E-state index < -0.39 is 0 Å². The molecular formula is C13H27N3O. The van der Waals surface area contributed by atoms with Gasteiger partial charge in [-0.05, 0) is 39.3 Å². The highest BCUT2D eigenvalue weighted by atomic mass is 16.2. The van der Waals surface area contributed by atoms with Crippen LogP contribution in [0.3, 0.4) is 0 Å². The summed E-state index contributed by atoms with van der Waals surface area (Å²) in [6, 6.07) is 0.530. The van der Waals surface area contributed by atoms with Gasteiger partial charge in [-0.1, -0.05) is 13.8 Å². The Hall–Kier alpha value is -0.610. The highest BCUT2D eigenvalue weighted by Gasteiger charge is 2.23. The molecule has 0 spiro atoms. The minimum Gasteiger partial charge on any atom is -0.355 e. The third kappa shape index (κ3) is 4.64. The van der Waals surface area contributed by atoms with E-state index in [1.165, 1.54) is 19.4 Å². The lowest BCUT2D eigenvalue weighted by Gasteiger charge is -2.24. The molecule has 2 N–H and O–H groups in total. The Kier molecular flexibility index (Phi) is 6.52. The highest BCUT2D eigenvalue weighted by molar-refractivity contribution is 5.81. The van der Waals surface area contributed by atoms with Gasteiger partial charge in [0.15, 0.2) is 0 Å². The summed E-state index contributed by atoms with van der Waals surface area (Å²) in [5.74, 6) is 0.118. The Morgan fingerprint density at radius 2 is 2.24 bits per heavy atom. The minimum atomic E-state index is -0.0825. The standard InChI is InChI=1S/C13H27N3O/c1-4-8-14-13(17)11(3)15-10-12-7-6-9-16(12)5-2/h11-12,15H,4-10H2,1-3H3,(H,14,17). The molecule has 0 aromatic carbocycles. The van der Waals surface area contributed by atoms with E-state index in [-0.39, 0.29) is 11.9 Å². The summed E-state index contributed by atoms with van der Waals surface area (Å²) in [5, 5.41) is 6.26. The summed E-state index contributed by atoms with van der Waals surface area (Å²) in [4.78, 5) is 14.2. The molecule has 0 aromatic heterocycles. The van der Waals surface area contributed by atoms with Gasteiger partial charge >= 0.3 is 0 Å². The van der Waals surface area contributed by atoms with Gasteiger partial charge in [0.05, 0.1) is 6.04 Å². The number of likely N-dealkylation sites (N-methyl/N-ethyl adjacent to an activating group) is 1. The zero-order chi connectivity index (χ0) is 12.7. The van der Waals surface area contributed by atoms with Crippen molar-refractivity contribution in [1.82, 2.24) is 15.5 Å². The predicted octanol–water partition coefficient (Wildman–Crippen LogP) is 0.975. The molecule has 1 aliphatic heterocycles. The fourth-order valence-corrected chi connectivity index (χ4v) is 2.35. The number of nitrogens with one attached hydrogen (secondary N) is 2. The van der Waals surface area contributed by atoms with Crippen LogP contribution in [0, 0.1) is 0 Å². The van der Waals surface area contributed by atoms with Crippen LogP contribution in [0.2, 0.25) is 0 Å². The maximum absolute atomic E-state index is 11.7. The first-order valence-corrected chi connectivity index (χ1v) is 6.94. The first kappa shape index (κ1) is 14.5. The third-order valence-corrected chi connectivity index (χ3v) is 3.51. The van der Waals surface area contributed by atoms with Gasteiger partial charge in [0.1, 0.15) is 0 Å². The summed E-state index contributed by atoms with van der Waals surface area (Å²) in [6.45, 7) is 10.2. The second-order valence-electron chi connectivity index (χ2n) is 4.85. The van der Waals surface area contributed by atoms with Crippen LogP contribution >= 0.6 is 0 Å². The SMILES string of the molecule is CCCNC(=O)C(C)NCC1CCCN1CC. The van der Waals surface area contributed by atoms with E-state index in [9.17, 15) is 4.79 Å². The molecule has 0 aromatic rings. The molecule has 1 heterocycles. The molecule has 100 valence electrons. The Bertz CT molecular complexity index is 233. The zero-order valence-electron chi connectivity index (χ0n) is 11.5. The summed E-state index contributed by atoms with van der Waals surface area (Å²) >= 11 is 0. The van der Waals surface area contributed by atoms with Crippen molar-refractivity contribution in [2.45, 2.75) is 52.1 Å². The van der Waals surface area contributed by atoms with Gasteiger partial charge in [-0.3, -0.25) is 9.69 Å². The van der Waals surface area contributed by atoms with E-state index in [2.05, 4.69) is 29.4 Å². The van der Waals surface area contributed by atoms with E-state index in [4.69, 9.17) is 0 Å². The molecule has 1 rings (SSSR count). The van der Waals surface area contributed by atoms with Crippen LogP contribution < -0.4 is 10.6 Å². The highest BCUT2D eigenvalue weighted by Crippen LogP contribution is 2.15. The molecule has 0 saturated carbocycles. The lowest BCUT2D eigenvalue weighted by molar-refractivity contribution is -0.122. The molecule has 0 bridgehead atoms. The number of hydrogen-bond acceptors (Lipinski definition) is 3. The van der Waals surface area contributed by atoms with E-state index in [0.717, 1.165) is 26.1 Å². The largest absolute Gasteiger partial charge is 0.355 e. The number of nitrogens with zero attached hydrogens (tertiary/aromatic N) is 1. The summed E-state index contributed by atoms with van der Waals surface area (Å²) in [5.41, 5.74) is 0. The maximum atomic E-state index is 11.7. The fraction of sp³-hybridized carbons (Fsp3) is 0.923. The maximum Gasteiger partial charge on any atom is 0.236 e. The van der Waals surface area contributed by atoms with E-state index in [1.54, 1.807) is 0 Å². The van der Waals surface area contributed by atoms with Crippen molar-refractivity contribution in [3.8, 4) is 0 Å². The fourth-order valence-electron chi connectivity index (χ4n) is 2.35. The predicted molar refractivity (Wildman–Crippen MR) is 71.0 cm³/mol. The first-order valence-electron chi connectivity index (χ1n) is 6.94. The Morgan fingerprint density at radius 1 is 1.47 bits per heavy atom. The number of carbonyl (C=O) groups excluding carboxylic acids is 1. The molecule has 4 heteroatoms. The summed E-state index contributed by atoms with van der Waals surface area (Å²) in [7, 11) is 0. The molecule has 1 amide bonds. The van der Waals surface area contributed by atoms with E-state index >= 15 is 0 Å². The van der Waals surface area contributed by atoms with Crippen LogP contribution in [0.4, 0.5) is 0 Å². The number of likely N-dealkylation sites (tertiary alicyclic amines) is 1. The molecule has 2 unspecified atom stereocenters. The Labute approximate surface area is 105 Å². The Morgan fingerprint density at radius 3 is 2.88 bits per heavy atom. The number of rotatable bonds is 7. The van der Waals surface area contributed by atoms with Crippen molar-refractivity contribution in [2.75, 3.05) is 26.2 Å². The van der Waals surface area contributed by atoms with Crippen molar-refractivity contribution < 1.29 is 4.79 Å². The molecule has 1 saturated heterocycles. The van der Waals surface area contributed by atoms with Crippen LogP contribution in [0.25, 0.3) is 0 Å². The molecule has 0 radical (unpaired) electrons. The second kappa shape index (κ2) is 7.67. The van der Waals surface area contributed by atoms with Crippen molar-refractivity contribution in [2.24, 2.45) is 0 Å². The van der Waals surface area contributed by atoms with Crippen molar-refractivity contribution in [3.05, 3.63) is 0 Å². The summed E-state index contributed by atoms with van der Waals surface area (Å²) in [6.07, 6.45) is 3.53. The molecule has 17 heavy (non-hydrogen) atoms. The molecule has 4 nitrogen and oxygen atoms in total. The average molecular weight is 241 g/mol. The van der Waals surface area contributed by atoms with E-state index in [0.29, 0.717) is 6.04 Å². The van der Waals surface area contributed by atoms with Crippen molar-refractivity contribution in [1.29, 1.82) is 0 Å². The molecule has 1 aliphatic rings. The quantitative estimate of drug-likeness (QED) is 0.698. The molecule has 1 fully saturated rings. The van der Waals surface area contributed by atoms with Crippen LogP contribution in [0.5, 0.6) is 0 Å². The molecule has 0 aliphatic carbocycles. The van der Waals surface area contributed by atoms with Crippen LogP contribution in [0.1, 0.15) is 40.0 Å². The molecule has 2 atom stereocenters. The van der Waals surface area contributed by atoms with Gasteiger partial charge in [-0.2, -0.15) is 0 Å². The molecular weight excluding hydrogens is 214 g/mol. The zero-order valence-corrected chi connectivity index (χ0v) is 11.5. The normalized spacial score (nSPS) is 22.6. The van der Waals surface area contributed by atoms with Gasteiger partial charge in [-0.15, -0.1) is 0 Å². The van der Waals surface area contributed by atoms with Crippen LogP contribution in [-0.2, 0) is 4.79 Å². The van der Waals surface area contributed by atoms with Crippen molar-refractivity contribution >= 4 is 5.91 Å². The topological polar surface area (TPSA) is 44.4 Å². The van der Waals surface area contributed by atoms with Crippen LogP contribution in [0.15, 0.2) is 0 Å². The lowest BCUT2D eigenvalue weighted by Crippen LogP contribution is -2.47. The van der Waals surface area contributed by atoms with Gasteiger partial charge < -0.3 is 10.6 Å². The monoisotopic (exact) mass is 241 g/mol. The third-order valence-electron chi connectivity index (χ3n) is 3.51.